The average molecular weight is 550 g/mol. The summed E-state index contributed by atoms with van der Waals surface area (Å²) in [6.45, 7) is 2.57. The first kappa shape index (κ1) is 27.7. The monoisotopic (exact) mass is 550 g/mol. The van der Waals surface area contributed by atoms with Crippen LogP contribution in [-0.2, 0) is 25.2 Å². The van der Waals surface area contributed by atoms with Gasteiger partial charge in [0.1, 0.15) is 18.0 Å². The van der Waals surface area contributed by atoms with E-state index in [1.165, 1.54) is 6.92 Å². The molecule has 4 rings (SSSR count). The number of ether oxygens (including phenoxy) is 2. The lowest BCUT2D eigenvalue weighted by Gasteiger charge is -2.36. The lowest BCUT2D eigenvalue weighted by molar-refractivity contribution is -0.183. The summed E-state index contributed by atoms with van der Waals surface area (Å²) < 4.78 is 88.6. The highest BCUT2D eigenvalue weighted by Crippen LogP contribution is 2.36. The van der Waals surface area contributed by atoms with Gasteiger partial charge < -0.3 is 19.3 Å². The molecule has 0 aliphatic carbocycles. The van der Waals surface area contributed by atoms with Gasteiger partial charge in [-0.2, -0.15) is 31.5 Å². The molecule has 0 saturated carbocycles. The van der Waals surface area contributed by atoms with Crippen molar-refractivity contribution >= 4 is 17.8 Å². The van der Waals surface area contributed by atoms with Gasteiger partial charge in [0.15, 0.2) is 5.92 Å². The van der Waals surface area contributed by atoms with E-state index < -0.39 is 47.7 Å². The molecule has 2 saturated heterocycles. The van der Waals surface area contributed by atoms with E-state index >= 15 is 0 Å². The first-order valence-corrected chi connectivity index (χ1v) is 11.8. The first-order chi connectivity index (χ1) is 17.8. The molecule has 4 heterocycles. The van der Waals surface area contributed by atoms with Crippen molar-refractivity contribution in [2.24, 2.45) is 16.1 Å². The fourth-order valence-corrected chi connectivity index (χ4v) is 4.51. The number of azo groups is 1. The van der Waals surface area contributed by atoms with Crippen LogP contribution >= 0.6 is 0 Å². The van der Waals surface area contributed by atoms with Crippen LogP contribution in [0.15, 0.2) is 34.6 Å². The second-order valence-corrected chi connectivity index (χ2v) is 9.12. The molecule has 0 spiro atoms. The van der Waals surface area contributed by atoms with Gasteiger partial charge in [0.25, 0.3) is 11.8 Å². The van der Waals surface area contributed by atoms with Crippen molar-refractivity contribution in [1.29, 1.82) is 0 Å². The van der Waals surface area contributed by atoms with Crippen LogP contribution < -0.4 is 4.90 Å². The minimum Gasteiger partial charge on any atom is -0.490 e. The quantitative estimate of drug-likeness (QED) is 0.478. The van der Waals surface area contributed by atoms with Crippen LogP contribution in [0.1, 0.15) is 31.7 Å². The van der Waals surface area contributed by atoms with Gasteiger partial charge in [0, 0.05) is 44.5 Å². The molecule has 1 aromatic rings. The number of hydrogen-bond donors (Lipinski definition) is 0. The minimum absolute atomic E-state index is 0.105. The smallest absolute Gasteiger partial charge is 0.419 e. The number of nitrogens with zero attached hydrogens (tertiary/aromatic N) is 6. The number of carbonyl (C=O) groups is 2. The van der Waals surface area contributed by atoms with Gasteiger partial charge in [0.2, 0.25) is 5.95 Å². The Morgan fingerprint density at radius 2 is 1.68 bits per heavy atom. The van der Waals surface area contributed by atoms with Crippen LogP contribution in [0, 0.1) is 5.92 Å². The molecule has 16 heteroatoms. The number of anilines is 1. The van der Waals surface area contributed by atoms with E-state index in [1.807, 2.05) is 0 Å². The molecule has 10 nitrogen and oxygen atoms in total. The molecule has 1 unspecified atom stereocenters. The molecule has 0 aromatic carbocycles. The van der Waals surface area contributed by atoms with Crippen LogP contribution in [0.25, 0.3) is 0 Å². The summed E-state index contributed by atoms with van der Waals surface area (Å²) >= 11 is 0. The Hall–Kier alpha value is -3.30. The van der Waals surface area contributed by atoms with Crippen molar-refractivity contribution in [2.45, 2.75) is 56.8 Å². The summed E-state index contributed by atoms with van der Waals surface area (Å²) in [6.07, 6.45) is -7.40. The van der Waals surface area contributed by atoms with E-state index in [4.69, 9.17) is 9.47 Å². The van der Waals surface area contributed by atoms with E-state index in [9.17, 15) is 35.9 Å². The number of halogens is 6. The summed E-state index contributed by atoms with van der Waals surface area (Å²) in [5.41, 5.74) is -0.931. The molecule has 0 N–H and O–H groups in total. The molecule has 38 heavy (non-hydrogen) atoms. The van der Waals surface area contributed by atoms with Crippen molar-refractivity contribution in [3.63, 3.8) is 0 Å². The number of amides is 2. The maximum absolute atomic E-state index is 13.2. The third kappa shape index (κ3) is 6.22. The molecule has 3 aliphatic heterocycles. The highest BCUT2D eigenvalue weighted by Gasteiger charge is 2.50. The van der Waals surface area contributed by atoms with Crippen molar-refractivity contribution in [2.75, 3.05) is 31.1 Å². The molecular formula is C22H24F6N6O4. The number of aromatic nitrogens is 2. The molecule has 3 atom stereocenters. The van der Waals surface area contributed by atoms with E-state index in [1.54, 1.807) is 9.80 Å². The molecule has 0 radical (unpaired) electrons. The fraction of sp³-hybridized carbons (Fsp3) is 0.636. The molecule has 1 aromatic heterocycles. The molecule has 208 valence electrons. The second-order valence-electron chi connectivity index (χ2n) is 9.12. The van der Waals surface area contributed by atoms with Crippen LogP contribution in [0.3, 0.4) is 0 Å². The zero-order chi connectivity index (χ0) is 27.7. The van der Waals surface area contributed by atoms with Crippen molar-refractivity contribution in [3.05, 3.63) is 29.9 Å². The predicted octanol–water partition coefficient (Wildman–Crippen LogP) is 3.50. The standard InChI is InChI=1S/C22H24F6N6O4/c1-12(38-16-10-31-32-18(35)17(16)22(26,27)28)11-37-15-4-7-34(19(15)36)14-2-5-33(6-3-14)20-29-8-13(9-30-20)21(23,24)25/h8-10,12,14-15,17H,2-7,11H2,1H3/t12-,15-,17?/m0/s1. The SMILES string of the molecule is C[C@@H](CO[C@H]1CCN(C2CCN(c3ncc(C(F)(F)F)cn3)CC2)C1=O)OC1=CN=NC(=O)C1C(F)(F)F. The number of likely N-dealkylation sites (tertiary alicyclic amines) is 1. The highest BCUT2D eigenvalue weighted by molar-refractivity contribution is 5.83. The van der Waals surface area contributed by atoms with Gasteiger partial charge in [-0.3, -0.25) is 9.59 Å². The zero-order valence-electron chi connectivity index (χ0n) is 20.1. The minimum atomic E-state index is -4.89. The van der Waals surface area contributed by atoms with Crippen LogP contribution in [0.2, 0.25) is 0 Å². The lowest BCUT2D eigenvalue weighted by atomic mass is 10.0. The van der Waals surface area contributed by atoms with Crippen molar-refractivity contribution in [1.82, 2.24) is 14.9 Å². The number of hydrogen-bond acceptors (Lipinski definition) is 8. The maximum Gasteiger partial charge on any atom is 0.419 e. The molecule has 2 fully saturated rings. The van der Waals surface area contributed by atoms with E-state index in [0.717, 1.165) is 18.6 Å². The fourth-order valence-electron chi connectivity index (χ4n) is 4.51. The topological polar surface area (TPSA) is 110 Å². The van der Waals surface area contributed by atoms with Crippen molar-refractivity contribution < 1.29 is 45.4 Å². The maximum atomic E-state index is 13.2. The zero-order valence-corrected chi connectivity index (χ0v) is 20.1. The van der Waals surface area contributed by atoms with E-state index in [0.29, 0.717) is 38.9 Å². The van der Waals surface area contributed by atoms with Crippen molar-refractivity contribution in [3.8, 4) is 0 Å². The summed E-state index contributed by atoms with van der Waals surface area (Å²) in [5.74, 6) is -4.76. The van der Waals surface area contributed by atoms with Gasteiger partial charge in [-0.25, -0.2) is 9.97 Å². The Balaban J connectivity index is 1.25. The second kappa shape index (κ2) is 10.8. The number of piperidine rings is 1. The molecule has 2 amide bonds. The Bertz CT molecular complexity index is 1090. The van der Waals surface area contributed by atoms with Gasteiger partial charge in [-0.05, 0) is 19.8 Å². The molecule has 3 aliphatic rings. The number of alkyl halides is 6. The van der Waals surface area contributed by atoms with Gasteiger partial charge in [-0.15, -0.1) is 5.11 Å². The largest absolute Gasteiger partial charge is 0.490 e. The number of rotatable bonds is 7. The third-order valence-electron chi connectivity index (χ3n) is 6.41. The normalized spacial score (nSPS) is 24.1. The van der Waals surface area contributed by atoms with Gasteiger partial charge in [0.05, 0.1) is 18.4 Å². The Kier molecular flexibility index (Phi) is 7.90. The van der Waals surface area contributed by atoms with Gasteiger partial charge in [-0.1, -0.05) is 0 Å². The third-order valence-corrected chi connectivity index (χ3v) is 6.41. The van der Waals surface area contributed by atoms with Crippen LogP contribution in [0.4, 0.5) is 32.3 Å². The van der Waals surface area contributed by atoms with Gasteiger partial charge >= 0.3 is 12.4 Å². The summed E-state index contributed by atoms with van der Waals surface area (Å²) in [5, 5.41) is 6.15. The van der Waals surface area contributed by atoms with E-state index in [2.05, 4.69) is 20.2 Å². The molecule has 0 bridgehead atoms. The highest BCUT2D eigenvalue weighted by atomic mass is 19.4. The van der Waals surface area contributed by atoms with E-state index in [-0.39, 0.29) is 24.5 Å². The van der Waals surface area contributed by atoms with Crippen LogP contribution in [0.5, 0.6) is 0 Å². The predicted molar refractivity (Wildman–Crippen MR) is 116 cm³/mol. The Morgan fingerprint density at radius 1 is 1.03 bits per heavy atom. The summed E-state index contributed by atoms with van der Waals surface area (Å²) in [4.78, 5) is 35.5. The Labute approximate surface area is 212 Å². The summed E-state index contributed by atoms with van der Waals surface area (Å²) in [7, 11) is 0. The summed E-state index contributed by atoms with van der Waals surface area (Å²) in [6, 6.07) is -0.105. The molecular weight excluding hydrogens is 526 g/mol. The Morgan fingerprint density at radius 3 is 2.29 bits per heavy atom. The van der Waals surface area contributed by atoms with Crippen LogP contribution in [-0.4, -0.2) is 77.3 Å². The average Bonchev–Trinajstić information content (AvgIpc) is 3.21. The lowest BCUT2D eigenvalue weighted by Crippen LogP contribution is -2.47. The number of carbonyl (C=O) groups excluding carboxylic acids is 2. The first-order valence-electron chi connectivity index (χ1n) is 11.8.